The lowest BCUT2D eigenvalue weighted by Crippen LogP contribution is -2.40. The van der Waals surface area contributed by atoms with Crippen molar-refractivity contribution in [2.24, 2.45) is 5.92 Å². The summed E-state index contributed by atoms with van der Waals surface area (Å²) in [7, 11) is 0. The van der Waals surface area contributed by atoms with Crippen molar-refractivity contribution in [1.29, 1.82) is 0 Å². The number of aliphatic hydroxyl groups is 1. The lowest BCUT2D eigenvalue weighted by molar-refractivity contribution is -0.166. The highest BCUT2D eigenvalue weighted by molar-refractivity contribution is 5.92. The topological polar surface area (TPSA) is 98.0 Å². The summed E-state index contributed by atoms with van der Waals surface area (Å²) in [6.45, 7) is 2.28. The molecule has 1 aliphatic heterocycles. The minimum Gasteiger partial charge on any atom is -0.464 e. The molecule has 1 aliphatic carbocycles. The van der Waals surface area contributed by atoms with Crippen molar-refractivity contribution in [3.05, 3.63) is 58.2 Å². The predicted octanol–water partition coefficient (Wildman–Crippen LogP) is 2.82. The molecular weight excluding hydrogens is 386 g/mol. The van der Waals surface area contributed by atoms with Gasteiger partial charge in [-0.3, -0.25) is 9.59 Å². The molecule has 160 valence electrons. The van der Waals surface area contributed by atoms with Gasteiger partial charge in [0.05, 0.1) is 11.6 Å². The van der Waals surface area contributed by atoms with Crippen LogP contribution in [0.3, 0.4) is 0 Å². The van der Waals surface area contributed by atoms with Crippen LogP contribution in [-0.4, -0.2) is 36.6 Å². The maximum absolute atomic E-state index is 13.3. The lowest BCUT2D eigenvalue weighted by Gasteiger charge is -2.36. The molecule has 2 aliphatic rings. The number of rotatable bonds is 8. The van der Waals surface area contributed by atoms with E-state index in [-0.39, 0.29) is 35.7 Å². The van der Waals surface area contributed by atoms with Crippen LogP contribution >= 0.6 is 0 Å². The quantitative estimate of drug-likeness (QED) is 0.691. The van der Waals surface area contributed by atoms with E-state index in [1.54, 1.807) is 24.3 Å². The smallest absolute Gasteiger partial charge is 0.286 e. The number of benzene rings is 1. The van der Waals surface area contributed by atoms with Crippen molar-refractivity contribution in [3.8, 4) is 0 Å². The Morgan fingerprint density at radius 1 is 1.30 bits per heavy atom. The second-order valence-corrected chi connectivity index (χ2v) is 7.79. The molecule has 7 heteroatoms. The molecule has 1 aromatic heterocycles. The number of nitrogens with one attached hydrogen (secondary N) is 1. The molecule has 2 N–H and O–H groups in total. The Morgan fingerprint density at radius 3 is 2.83 bits per heavy atom. The van der Waals surface area contributed by atoms with E-state index in [2.05, 4.69) is 5.32 Å². The second kappa shape index (κ2) is 9.02. The van der Waals surface area contributed by atoms with Crippen LogP contribution in [0.5, 0.6) is 0 Å². The van der Waals surface area contributed by atoms with Crippen LogP contribution in [0.15, 0.2) is 51.6 Å². The number of allylic oxidation sites excluding steroid dienone is 1. The lowest BCUT2D eigenvalue weighted by atomic mass is 9.81. The standard InChI is InChI=1S/C23H27NO6/c1-2-28-23-15(7-5-11-25)17(12-20(30-23)22(27)24-14-9-10-14)18-13-29-19-8-4-3-6-16(19)21(18)26/h3-4,6,8,12-15,17,23,25H,2,5,7,9-11H2,1H3,(H,24,27)/t15-,17+,23-/m0/s1. The van der Waals surface area contributed by atoms with Gasteiger partial charge >= 0.3 is 0 Å². The molecule has 0 unspecified atom stereocenters. The van der Waals surface area contributed by atoms with Crippen molar-refractivity contribution in [2.45, 2.75) is 50.9 Å². The van der Waals surface area contributed by atoms with Gasteiger partial charge in [0.15, 0.2) is 11.2 Å². The highest BCUT2D eigenvalue weighted by atomic mass is 16.7. The number of fused-ring (bicyclic) bond motifs is 1. The maximum Gasteiger partial charge on any atom is 0.286 e. The first-order valence-electron chi connectivity index (χ1n) is 10.5. The summed E-state index contributed by atoms with van der Waals surface area (Å²) >= 11 is 0. The Morgan fingerprint density at radius 2 is 2.10 bits per heavy atom. The Labute approximate surface area is 174 Å². The third-order valence-electron chi connectivity index (χ3n) is 5.61. The highest BCUT2D eigenvalue weighted by Crippen LogP contribution is 2.39. The van der Waals surface area contributed by atoms with Gasteiger partial charge in [-0.05, 0) is 50.8 Å². The molecule has 0 spiro atoms. The van der Waals surface area contributed by atoms with Gasteiger partial charge in [0.25, 0.3) is 5.91 Å². The number of hydrogen-bond donors (Lipinski definition) is 2. The van der Waals surface area contributed by atoms with E-state index in [9.17, 15) is 14.7 Å². The van der Waals surface area contributed by atoms with Crippen LogP contribution in [-0.2, 0) is 14.3 Å². The molecule has 0 radical (unpaired) electrons. The van der Waals surface area contributed by atoms with Crippen LogP contribution < -0.4 is 10.7 Å². The molecule has 1 amide bonds. The summed E-state index contributed by atoms with van der Waals surface area (Å²) in [5.74, 6) is -0.794. The number of ether oxygens (including phenoxy) is 2. The predicted molar refractivity (Wildman–Crippen MR) is 111 cm³/mol. The maximum atomic E-state index is 13.3. The van der Waals surface area contributed by atoms with Gasteiger partial charge in [0.2, 0.25) is 6.29 Å². The molecule has 2 heterocycles. The zero-order chi connectivity index (χ0) is 21.1. The molecular formula is C23H27NO6. The highest BCUT2D eigenvalue weighted by Gasteiger charge is 2.40. The molecule has 4 rings (SSSR count). The van der Waals surface area contributed by atoms with E-state index in [0.717, 1.165) is 12.8 Å². The van der Waals surface area contributed by atoms with Gasteiger partial charge in [0, 0.05) is 36.7 Å². The molecule has 30 heavy (non-hydrogen) atoms. The van der Waals surface area contributed by atoms with Crippen molar-refractivity contribution in [1.82, 2.24) is 5.32 Å². The molecule has 1 saturated carbocycles. The average molecular weight is 413 g/mol. The fourth-order valence-corrected chi connectivity index (χ4v) is 3.93. The van der Waals surface area contributed by atoms with Gasteiger partial charge < -0.3 is 24.3 Å². The Bertz CT molecular complexity index is 993. The number of hydrogen-bond acceptors (Lipinski definition) is 6. The summed E-state index contributed by atoms with van der Waals surface area (Å²) in [5.41, 5.74) is 0.842. The number of carbonyl (C=O) groups excluding carboxylic acids is 1. The first kappa shape index (κ1) is 20.6. The summed E-state index contributed by atoms with van der Waals surface area (Å²) in [6, 6.07) is 7.28. The van der Waals surface area contributed by atoms with Crippen LogP contribution in [0.1, 0.15) is 44.1 Å². The molecule has 3 atom stereocenters. The molecule has 7 nitrogen and oxygen atoms in total. The third-order valence-corrected chi connectivity index (χ3v) is 5.61. The Balaban J connectivity index is 1.77. The van der Waals surface area contributed by atoms with Gasteiger partial charge in [-0.15, -0.1) is 0 Å². The van der Waals surface area contributed by atoms with Crippen molar-refractivity contribution < 1.29 is 23.8 Å². The van der Waals surface area contributed by atoms with Crippen LogP contribution in [0.25, 0.3) is 11.0 Å². The van der Waals surface area contributed by atoms with E-state index in [4.69, 9.17) is 13.9 Å². The van der Waals surface area contributed by atoms with Crippen molar-refractivity contribution in [2.75, 3.05) is 13.2 Å². The summed E-state index contributed by atoms with van der Waals surface area (Å²) in [5, 5.41) is 12.8. The summed E-state index contributed by atoms with van der Waals surface area (Å²) in [4.78, 5) is 25.9. The van der Waals surface area contributed by atoms with E-state index in [1.165, 1.54) is 6.26 Å². The Kier molecular flexibility index (Phi) is 6.20. The van der Waals surface area contributed by atoms with E-state index in [1.807, 2.05) is 13.0 Å². The zero-order valence-corrected chi connectivity index (χ0v) is 17.0. The molecule has 1 aromatic carbocycles. The number of aliphatic hydroxyl groups excluding tert-OH is 1. The third kappa shape index (κ3) is 4.27. The molecule has 1 fully saturated rings. The zero-order valence-electron chi connectivity index (χ0n) is 17.0. The van der Waals surface area contributed by atoms with Crippen LogP contribution in [0.2, 0.25) is 0 Å². The van der Waals surface area contributed by atoms with Gasteiger partial charge in [-0.2, -0.15) is 0 Å². The summed E-state index contributed by atoms with van der Waals surface area (Å²) in [6.07, 6.45) is 5.52. The molecule has 0 saturated heterocycles. The number of carbonyl (C=O) groups is 1. The van der Waals surface area contributed by atoms with Crippen LogP contribution in [0, 0.1) is 5.92 Å². The second-order valence-electron chi connectivity index (χ2n) is 7.79. The van der Waals surface area contributed by atoms with E-state index in [0.29, 0.717) is 36.0 Å². The van der Waals surface area contributed by atoms with Gasteiger partial charge in [0.1, 0.15) is 5.58 Å². The minimum atomic E-state index is -0.692. The number of amides is 1. The SMILES string of the molecule is CCO[C@H]1OC(C(=O)NC2CC2)=C[C@@H](c2coc3ccccc3c2=O)[C@@H]1CCCO. The normalized spacial score (nSPS) is 23.7. The molecule has 2 aromatic rings. The average Bonchev–Trinajstić information content (AvgIpc) is 3.57. The molecule has 0 bridgehead atoms. The monoisotopic (exact) mass is 413 g/mol. The Hall–Kier alpha value is -2.64. The largest absolute Gasteiger partial charge is 0.464 e. The number of para-hydroxylation sites is 1. The van der Waals surface area contributed by atoms with Gasteiger partial charge in [-0.25, -0.2) is 0 Å². The first-order valence-corrected chi connectivity index (χ1v) is 10.5. The fraction of sp³-hybridized carbons (Fsp3) is 0.478. The van der Waals surface area contributed by atoms with E-state index < -0.39 is 12.2 Å². The minimum absolute atomic E-state index is 0.0210. The first-order chi connectivity index (χ1) is 14.6. The van der Waals surface area contributed by atoms with Gasteiger partial charge in [-0.1, -0.05) is 12.1 Å². The van der Waals surface area contributed by atoms with E-state index >= 15 is 0 Å². The van der Waals surface area contributed by atoms with Crippen LogP contribution in [0.4, 0.5) is 0 Å². The van der Waals surface area contributed by atoms with Crippen molar-refractivity contribution >= 4 is 16.9 Å². The fourth-order valence-electron chi connectivity index (χ4n) is 3.93. The van der Waals surface area contributed by atoms with Crippen molar-refractivity contribution in [3.63, 3.8) is 0 Å². The summed E-state index contributed by atoms with van der Waals surface area (Å²) < 4.78 is 17.5.